The van der Waals surface area contributed by atoms with Gasteiger partial charge in [0.05, 0.1) is 24.7 Å². The molecule has 1 aromatic heterocycles. The molecule has 42 heavy (non-hydrogen) atoms. The molecule has 1 saturated heterocycles. The Kier molecular flexibility index (Phi) is 7.98. The summed E-state index contributed by atoms with van der Waals surface area (Å²) in [6.45, 7) is 9.21. The number of aromatic nitrogens is 2. The SMILES string of the molecule is COc1ccc2nc3c(nc2c1)OC1CN(C(=O)C(C(C)(C)C)NC(=O)OC2(C)CC2CCCCC3)C(C(=O)O)C1C. The molecule has 3 heterocycles. The number of alkyl carbamates (subject to hydrolysis) is 1. The molecule has 2 aliphatic heterocycles. The van der Waals surface area contributed by atoms with Crippen LogP contribution in [0.4, 0.5) is 4.79 Å². The minimum absolute atomic E-state index is 0.0251. The van der Waals surface area contributed by atoms with Crippen LogP contribution >= 0.6 is 0 Å². The minimum atomic E-state index is -1.14. The first-order valence-electron chi connectivity index (χ1n) is 14.8. The van der Waals surface area contributed by atoms with Gasteiger partial charge >= 0.3 is 12.1 Å². The number of amides is 2. The Bertz CT molecular complexity index is 1380. The van der Waals surface area contributed by atoms with E-state index < -0.39 is 53.1 Å². The molecule has 228 valence electrons. The van der Waals surface area contributed by atoms with Crippen molar-refractivity contribution in [1.29, 1.82) is 0 Å². The summed E-state index contributed by atoms with van der Waals surface area (Å²) in [5, 5.41) is 13.0. The fourth-order valence-electron chi connectivity index (χ4n) is 6.27. The van der Waals surface area contributed by atoms with Gasteiger partial charge in [0.2, 0.25) is 11.8 Å². The molecule has 2 fully saturated rings. The largest absolute Gasteiger partial charge is 0.497 e. The fourth-order valence-corrected chi connectivity index (χ4v) is 6.27. The zero-order chi connectivity index (χ0) is 30.4. The summed E-state index contributed by atoms with van der Waals surface area (Å²) in [6, 6.07) is 3.35. The Morgan fingerprint density at radius 3 is 2.62 bits per heavy atom. The van der Waals surface area contributed by atoms with Crippen LogP contribution in [0.1, 0.15) is 72.4 Å². The normalized spacial score (nSPS) is 30.6. The number of ether oxygens (including phenoxy) is 3. The molecular weight excluding hydrogens is 540 g/mol. The van der Waals surface area contributed by atoms with Gasteiger partial charge in [-0.3, -0.25) is 4.79 Å². The van der Waals surface area contributed by atoms with Gasteiger partial charge in [-0.2, -0.15) is 0 Å². The maximum absolute atomic E-state index is 14.0. The van der Waals surface area contributed by atoms with Gasteiger partial charge in [-0.25, -0.2) is 19.6 Å². The van der Waals surface area contributed by atoms with Gasteiger partial charge in [-0.05, 0) is 50.2 Å². The lowest BCUT2D eigenvalue weighted by Crippen LogP contribution is -2.57. The van der Waals surface area contributed by atoms with Crippen LogP contribution in [-0.4, -0.2) is 75.4 Å². The summed E-state index contributed by atoms with van der Waals surface area (Å²) < 4.78 is 17.6. The summed E-state index contributed by atoms with van der Waals surface area (Å²) in [6.07, 6.45) is 3.87. The van der Waals surface area contributed by atoms with Gasteiger partial charge in [0.25, 0.3) is 0 Å². The minimum Gasteiger partial charge on any atom is -0.497 e. The van der Waals surface area contributed by atoms with Crippen molar-refractivity contribution in [1.82, 2.24) is 20.2 Å². The van der Waals surface area contributed by atoms with Crippen LogP contribution in [0, 0.1) is 17.3 Å². The molecule has 1 saturated carbocycles. The number of benzene rings is 1. The van der Waals surface area contributed by atoms with Gasteiger partial charge in [0, 0.05) is 17.9 Å². The van der Waals surface area contributed by atoms with Crippen molar-refractivity contribution in [3.63, 3.8) is 0 Å². The molecule has 11 heteroatoms. The predicted octanol–water partition coefficient (Wildman–Crippen LogP) is 4.35. The number of carbonyl (C=O) groups is 3. The molecule has 2 aromatic rings. The lowest BCUT2D eigenvalue weighted by Gasteiger charge is -2.35. The Morgan fingerprint density at radius 2 is 1.93 bits per heavy atom. The van der Waals surface area contributed by atoms with E-state index >= 15 is 0 Å². The Hall–Kier alpha value is -3.63. The maximum atomic E-state index is 14.0. The summed E-state index contributed by atoms with van der Waals surface area (Å²) in [5.74, 6) is -0.931. The lowest BCUT2D eigenvalue weighted by molar-refractivity contribution is -0.151. The van der Waals surface area contributed by atoms with Crippen molar-refractivity contribution in [2.24, 2.45) is 17.3 Å². The second kappa shape index (κ2) is 11.2. The van der Waals surface area contributed by atoms with Gasteiger partial charge < -0.3 is 29.5 Å². The third-order valence-electron chi connectivity index (χ3n) is 9.03. The first kappa shape index (κ1) is 29.8. The van der Waals surface area contributed by atoms with E-state index in [0.717, 1.165) is 37.6 Å². The number of nitrogens with zero attached hydrogens (tertiary/aromatic N) is 3. The number of nitrogens with one attached hydrogen (secondary N) is 1. The monoisotopic (exact) mass is 582 g/mol. The van der Waals surface area contributed by atoms with E-state index in [1.807, 2.05) is 39.8 Å². The highest BCUT2D eigenvalue weighted by Gasteiger charge is 2.54. The van der Waals surface area contributed by atoms with Gasteiger partial charge in [-0.1, -0.05) is 40.5 Å². The second-order valence-electron chi connectivity index (χ2n) is 13.3. The molecule has 5 rings (SSSR count). The van der Waals surface area contributed by atoms with Gasteiger partial charge in [-0.15, -0.1) is 0 Å². The molecule has 0 spiro atoms. The standard InChI is InChI=1S/C31H42N4O7/c1-17-23-16-35(24(17)28(37)38)27(36)25(30(2,3)4)34-29(39)42-31(5)15-18(31)10-8-7-9-11-21-26(41-23)33-22-14-19(40-6)12-13-20(22)32-21/h12-14,17-18,23-25H,7-11,15-16H2,1-6H3,(H,34,39)(H,37,38). The Morgan fingerprint density at radius 1 is 1.17 bits per heavy atom. The molecule has 2 bridgehead atoms. The van der Waals surface area contributed by atoms with Crippen LogP contribution < -0.4 is 14.8 Å². The van der Waals surface area contributed by atoms with Crippen LogP contribution in [0.25, 0.3) is 11.0 Å². The van der Waals surface area contributed by atoms with E-state index in [2.05, 4.69) is 5.32 Å². The van der Waals surface area contributed by atoms with Crippen molar-refractivity contribution in [3.05, 3.63) is 23.9 Å². The fraction of sp³-hybridized carbons (Fsp3) is 0.645. The van der Waals surface area contributed by atoms with Crippen LogP contribution in [0.2, 0.25) is 0 Å². The number of fused-ring (bicyclic) bond motifs is 5. The van der Waals surface area contributed by atoms with Crippen LogP contribution in [0.3, 0.4) is 0 Å². The van der Waals surface area contributed by atoms with E-state index in [4.69, 9.17) is 24.2 Å². The van der Waals surface area contributed by atoms with Crippen molar-refractivity contribution < 1.29 is 33.7 Å². The highest BCUT2D eigenvalue weighted by molar-refractivity contribution is 5.90. The summed E-state index contributed by atoms with van der Waals surface area (Å²) in [4.78, 5) is 50.5. The van der Waals surface area contributed by atoms with E-state index in [1.165, 1.54) is 4.90 Å². The summed E-state index contributed by atoms with van der Waals surface area (Å²) in [7, 11) is 1.58. The molecule has 6 atom stereocenters. The van der Waals surface area contributed by atoms with E-state index in [1.54, 1.807) is 20.1 Å². The average Bonchev–Trinajstić information content (AvgIpc) is 3.43. The molecule has 1 aromatic carbocycles. The van der Waals surface area contributed by atoms with Crippen LogP contribution in [-0.2, 0) is 20.7 Å². The zero-order valence-electron chi connectivity index (χ0n) is 25.3. The van der Waals surface area contributed by atoms with Gasteiger partial charge in [0.15, 0.2) is 0 Å². The Labute approximate surface area is 246 Å². The highest BCUT2D eigenvalue weighted by Crippen LogP contribution is 2.49. The molecule has 0 radical (unpaired) electrons. The third kappa shape index (κ3) is 5.96. The molecule has 1 aliphatic carbocycles. The van der Waals surface area contributed by atoms with Crippen molar-refractivity contribution in [2.45, 2.75) is 96.9 Å². The number of carboxylic acids is 1. The first-order valence-corrected chi connectivity index (χ1v) is 14.8. The van der Waals surface area contributed by atoms with Crippen LogP contribution in [0.15, 0.2) is 18.2 Å². The molecular formula is C31H42N4O7. The van der Waals surface area contributed by atoms with E-state index in [9.17, 15) is 19.5 Å². The predicted molar refractivity (Wildman–Crippen MR) is 154 cm³/mol. The van der Waals surface area contributed by atoms with E-state index in [0.29, 0.717) is 29.3 Å². The number of methoxy groups -OCH3 is 1. The average molecular weight is 583 g/mol. The van der Waals surface area contributed by atoms with Crippen LogP contribution in [0.5, 0.6) is 11.6 Å². The molecule has 2 amide bonds. The number of carboxylic acid groups (broad SMARTS) is 1. The Balaban J connectivity index is 1.52. The molecule has 6 unspecified atom stereocenters. The lowest BCUT2D eigenvalue weighted by atomic mass is 9.85. The molecule has 2 N–H and O–H groups in total. The number of hydrogen-bond acceptors (Lipinski definition) is 8. The maximum Gasteiger partial charge on any atom is 0.408 e. The van der Waals surface area contributed by atoms with E-state index in [-0.39, 0.29) is 12.5 Å². The number of aliphatic carboxylic acids is 1. The number of hydrogen-bond donors (Lipinski definition) is 2. The number of aryl methyl sites for hydroxylation is 1. The quantitative estimate of drug-likeness (QED) is 0.529. The second-order valence-corrected chi connectivity index (χ2v) is 13.3. The number of rotatable bonds is 2. The summed E-state index contributed by atoms with van der Waals surface area (Å²) >= 11 is 0. The molecule has 11 nitrogen and oxygen atoms in total. The first-order chi connectivity index (χ1) is 19.8. The topological polar surface area (TPSA) is 140 Å². The third-order valence-corrected chi connectivity index (χ3v) is 9.03. The number of carbonyl (C=O) groups excluding carboxylic acids is 2. The van der Waals surface area contributed by atoms with Crippen molar-refractivity contribution in [2.75, 3.05) is 13.7 Å². The summed E-state index contributed by atoms with van der Waals surface area (Å²) in [5.41, 5.74) is 0.755. The highest BCUT2D eigenvalue weighted by atomic mass is 16.6. The van der Waals surface area contributed by atoms with Gasteiger partial charge in [0.1, 0.15) is 35.2 Å². The zero-order valence-corrected chi connectivity index (χ0v) is 25.3. The molecule has 3 aliphatic rings. The van der Waals surface area contributed by atoms with Crippen molar-refractivity contribution >= 4 is 29.0 Å². The smallest absolute Gasteiger partial charge is 0.408 e. The van der Waals surface area contributed by atoms with Crippen molar-refractivity contribution in [3.8, 4) is 11.6 Å².